The highest BCUT2D eigenvalue weighted by atomic mass is 127. The van der Waals surface area contributed by atoms with Crippen LogP contribution in [0.4, 0.5) is 0 Å². The summed E-state index contributed by atoms with van der Waals surface area (Å²) in [5.41, 5.74) is 0.0626. The number of benzene rings is 1. The molecule has 1 unspecified atom stereocenters. The second-order valence-corrected chi connectivity index (χ2v) is 6.98. The molecule has 1 fully saturated rings. The van der Waals surface area contributed by atoms with Gasteiger partial charge >= 0.3 is 0 Å². The quantitative estimate of drug-likeness (QED) is 0.604. The number of rotatable bonds is 2. The van der Waals surface area contributed by atoms with Gasteiger partial charge in [0.15, 0.2) is 0 Å². The molecule has 4 nitrogen and oxygen atoms in total. The van der Waals surface area contributed by atoms with E-state index in [2.05, 4.69) is 0 Å². The topological polar surface area (TPSA) is 49.8 Å². The van der Waals surface area contributed by atoms with Crippen LogP contribution in [-0.4, -0.2) is 46.6 Å². The maximum absolute atomic E-state index is 12.5. The Kier molecular flexibility index (Phi) is 4.81. The minimum atomic E-state index is -0.418. The molecule has 20 heavy (non-hydrogen) atoms. The summed E-state index contributed by atoms with van der Waals surface area (Å²) in [4.78, 5) is 14.3. The predicted molar refractivity (Wildman–Crippen MR) is 86.4 cm³/mol. The number of nitrogens with zero attached hydrogens (tertiary/aromatic N) is 1. The van der Waals surface area contributed by atoms with Crippen molar-refractivity contribution in [3.05, 3.63) is 27.3 Å². The Balaban J connectivity index is 2.21. The van der Waals surface area contributed by atoms with E-state index < -0.39 is 5.60 Å². The maximum Gasteiger partial charge on any atom is 0.254 e. The predicted octanol–water partition coefficient (Wildman–Crippen LogP) is 2.86. The number of ether oxygens (including phenoxy) is 1. The molecule has 0 saturated carbocycles. The van der Waals surface area contributed by atoms with Crippen LogP contribution < -0.4 is 0 Å². The molecule has 6 heteroatoms. The molecule has 0 radical (unpaired) electrons. The van der Waals surface area contributed by atoms with Gasteiger partial charge in [0.1, 0.15) is 5.75 Å². The summed E-state index contributed by atoms with van der Waals surface area (Å²) in [6, 6.07) is 4.96. The molecule has 1 atom stereocenters. The number of hydrogen-bond acceptors (Lipinski definition) is 3. The maximum atomic E-state index is 12.5. The van der Waals surface area contributed by atoms with E-state index in [0.717, 1.165) is 3.57 Å². The number of morpholine rings is 1. The van der Waals surface area contributed by atoms with Crippen LogP contribution in [0.3, 0.4) is 0 Å². The third-order valence-electron chi connectivity index (χ3n) is 3.13. The summed E-state index contributed by atoms with van der Waals surface area (Å²) >= 11 is 7.89. The Morgan fingerprint density at radius 2 is 2.30 bits per heavy atom. The van der Waals surface area contributed by atoms with E-state index in [1.807, 2.05) is 36.4 Å². The molecule has 0 aromatic heterocycles. The summed E-state index contributed by atoms with van der Waals surface area (Å²) in [5.74, 6) is 0.367. The van der Waals surface area contributed by atoms with E-state index in [1.54, 1.807) is 17.0 Å². The minimum absolute atomic E-state index is 0.108. The zero-order chi connectivity index (χ0) is 14.9. The van der Waals surface area contributed by atoms with Crippen molar-refractivity contribution in [3.63, 3.8) is 0 Å². The molecular weight excluding hydrogens is 393 g/mol. The van der Waals surface area contributed by atoms with Crippen molar-refractivity contribution in [1.82, 2.24) is 4.90 Å². The lowest BCUT2D eigenvalue weighted by atomic mass is 10.0. The van der Waals surface area contributed by atoms with Crippen molar-refractivity contribution in [2.75, 3.05) is 19.0 Å². The molecule has 1 aromatic rings. The van der Waals surface area contributed by atoms with Crippen LogP contribution in [0.25, 0.3) is 0 Å². The van der Waals surface area contributed by atoms with Gasteiger partial charge in [0.25, 0.3) is 5.91 Å². The van der Waals surface area contributed by atoms with Crippen molar-refractivity contribution < 1.29 is 14.6 Å². The molecule has 1 amide bonds. The number of halogens is 2. The van der Waals surface area contributed by atoms with Crippen LogP contribution in [-0.2, 0) is 4.74 Å². The number of carbonyl (C=O) groups is 1. The fraction of sp³-hybridized carbons (Fsp3) is 0.500. The smallest absolute Gasteiger partial charge is 0.254 e. The lowest BCUT2D eigenvalue weighted by Gasteiger charge is -2.42. The van der Waals surface area contributed by atoms with E-state index >= 15 is 0 Å². The summed E-state index contributed by atoms with van der Waals surface area (Å²) in [5, 5.41) is 9.72. The fourth-order valence-electron chi connectivity index (χ4n) is 2.36. The van der Waals surface area contributed by atoms with Gasteiger partial charge in [0.05, 0.1) is 21.2 Å². The molecule has 0 bridgehead atoms. The molecular formula is C14H17ClINO3. The molecule has 1 saturated heterocycles. The zero-order valence-corrected chi connectivity index (χ0v) is 14.3. The third kappa shape index (κ3) is 3.56. The summed E-state index contributed by atoms with van der Waals surface area (Å²) < 4.78 is 6.53. The average molecular weight is 410 g/mol. The number of phenols is 1. The van der Waals surface area contributed by atoms with E-state index in [1.165, 1.54) is 6.07 Å². The van der Waals surface area contributed by atoms with Gasteiger partial charge in [-0.1, -0.05) is 0 Å². The Bertz CT molecular complexity index is 521. The van der Waals surface area contributed by atoms with Gasteiger partial charge in [-0.25, -0.2) is 0 Å². The molecule has 2 rings (SSSR count). The number of carbonyl (C=O) groups excluding carboxylic acids is 1. The Labute approximate surface area is 137 Å². The molecule has 110 valence electrons. The summed E-state index contributed by atoms with van der Waals surface area (Å²) in [6.45, 7) is 4.86. The number of aromatic hydroxyl groups is 1. The molecule has 0 spiro atoms. The highest BCUT2D eigenvalue weighted by Crippen LogP contribution is 2.25. The van der Waals surface area contributed by atoms with Crippen molar-refractivity contribution in [2.24, 2.45) is 0 Å². The summed E-state index contributed by atoms with van der Waals surface area (Å²) in [7, 11) is 0. The van der Waals surface area contributed by atoms with Gasteiger partial charge < -0.3 is 14.7 Å². The number of hydrogen-bond donors (Lipinski definition) is 1. The SMILES string of the molecule is CC1(C)CN(C(=O)c2ccc(I)c(O)c2)CC(CCl)O1. The van der Waals surface area contributed by atoms with Crippen LogP contribution in [0.2, 0.25) is 0 Å². The van der Waals surface area contributed by atoms with Crippen LogP contribution in [0, 0.1) is 3.57 Å². The normalized spacial score (nSPS) is 21.8. The number of phenolic OH excluding ortho intramolecular Hbond substituents is 1. The Hall–Kier alpha value is -0.530. The van der Waals surface area contributed by atoms with Crippen LogP contribution >= 0.6 is 34.2 Å². The van der Waals surface area contributed by atoms with Gasteiger partial charge in [0, 0.05) is 18.7 Å². The van der Waals surface area contributed by atoms with E-state index in [0.29, 0.717) is 24.5 Å². The molecule has 1 heterocycles. The van der Waals surface area contributed by atoms with Gasteiger partial charge in [-0.05, 0) is 54.6 Å². The molecule has 1 aromatic carbocycles. The van der Waals surface area contributed by atoms with Crippen LogP contribution in [0.15, 0.2) is 18.2 Å². The highest BCUT2D eigenvalue weighted by Gasteiger charge is 2.35. The number of alkyl halides is 1. The number of amides is 1. The second-order valence-electron chi connectivity index (χ2n) is 5.51. The first kappa shape index (κ1) is 15.9. The van der Waals surface area contributed by atoms with Crippen LogP contribution in [0.1, 0.15) is 24.2 Å². The minimum Gasteiger partial charge on any atom is -0.507 e. The van der Waals surface area contributed by atoms with Gasteiger partial charge in [0.2, 0.25) is 0 Å². The lowest BCUT2D eigenvalue weighted by molar-refractivity contribution is -0.117. The van der Waals surface area contributed by atoms with Crippen molar-refractivity contribution in [2.45, 2.75) is 25.6 Å². The first-order chi connectivity index (χ1) is 9.32. The fourth-order valence-corrected chi connectivity index (χ4v) is 2.86. The average Bonchev–Trinajstić information content (AvgIpc) is 2.39. The van der Waals surface area contributed by atoms with E-state index in [9.17, 15) is 9.90 Å². The van der Waals surface area contributed by atoms with Gasteiger partial charge in [-0.3, -0.25) is 4.79 Å². The first-order valence-corrected chi connectivity index (χ1v) is 7.95. The molecule has 1 aliphatic rings. The third-order valence-corrected chi connectivity index (χ3v) is 4.39. The molecule has 1 aliphatic heterocycles. The summed E-state index contributed by atoms with van der Waals surface area (Å²) in [6.07, 6.45) is -0.165. The lowest BCUT2D eigenvalue weighted by Crippen LogP contribution is -2.55. The van der Waals surface area contributed by atoms with Crippen molar-refractivity contribution >= 4 is 40.1 Å². The van der Waals surface area contributed by atoms with Gasteiger partial charge in [-0.15, -0.1) is 11.6 Å². The Morgan fingerprint density at radius 1 is 1.60 bits per heavy atom. The van der Waals surface area contributed by atoms with Gasteiger partial charge in [-0.2, -0.15) is 0 Å². The second kappa shape index (κ2) is 6.07. The van der Waals surface area contributed by atoms with E-state index in [-0.39, 0.29) is 17.8 Å². The first-order valence-electron chi connectivity index (χ1n) is 6.34. The monoisotopic (exact) mass is 409 g/mol. The molecule has 1 N–H and O–H groups in total. The van der Waals surface area contributed by atoms with Crippen molar-refractivity contribution in [3.8, 4) is 5.75 Å². The highest BCUT2D eigenvalue weighted by molar-refractivity contribution is 14.1. The van der Waals surface area contributed by atoms with Crippen molar-refractivity contribution in [1.29, 1.82) is 0 Å². The van der Waals surface area contributed by atoms with E-state index in [4.69, 9.17) is 16.3 Å². The zero-order valence-electron chi connectivity index (χ0n) is 11.4. The van der Waals surface area contributed by atoms with Crippen LogP contribution in [0.5, 0.6) is 5.75 Å². The standard InChI is InChI=1S/C14H17ClINO3/c1-14(2)8-17(7-10(6-15)20-14)13(19)9-3-4-11(16)12(18)5-9/h3-5,10,18H,6-8H2,1-2H3. The molecule has 0 aliphatic carbocycles. The Morgan fingerprint density at radius 3 is 2.90 bits per heavy atom. The largest absolute Gasteiger partial charge is 0.507 e.